The highest BCUT2D eigenvalue weighted by Crippen LogP contribution is 2.47. The van der Waals surface area contributed by atoms with Crippen molar-refractivity contribution in [2.45, 2.75) is 0 Å². The summed E-state index contributed by atoms with van der Waals surface area (Å²) in [6.07, 6.45) is 0. The minimum atomic E-state index is 0.661. The van der Waals surface area contributed by atoms with Crippen LogP contribution in [0.3, 0.4) is 0 Å². The van der Waals surface area contributed by atoms with Crippen LogP contribution in [0.15, 0.2) is 182 Å². The normalized spacial score (nSPS) is 12.3. The first kappa shape index (κ1) is 29.8. The smallest absolute Gasteiger partial charge is 0.235 e. The van der Waals surface area contributed by atoms with E-state index in [1.807, 2.05) is 0 Å². The van der Waals surface area contributed by atoms with Gasteiger partial charge in [-0.2, -0.15) is 0 Å². The van der Waals surface area contributed by atoms with Gasteiger partial charge in [-0.05, 0) is 63.7 Å². The molecule has 13 rings (SSSR count). The van der Waals surface area contributed by atoms with E-state index >= 15 is 0 Å². The van der Waals surface area contributed by atoms with E-state index in [4.69, 9.17) is 9.97 Å². The molecule has 0 saturated carbocycles. The molecule has 13 aromatic rings. The number of benzene rings is 9. The molecule has 0 bridgehead atoms. The van der Waals surface area contributed by atoms with E-state index < -0.39 is 0 Å². The van der Waals surface area contributed by atoms with Crippen molar-refractivity contribution in [3.63, 3.8) is 0 Å². The zero-order chi connectivity index (χ0) is 36.5. The van der Waals surface area contributed by atoms with Crippen LogP contribution < -0.4 is 0 Å². The van der Waals surface area contributed by atoms with Gasteiger partial charge in [-0.1, -0.05) is 146 Å². The molecule has 0 aliphatic heterocycles. The first-order valence-electron chi connectivity index (χ1n) is 19.2. The first-order chi connectivity index (χ1) is 27.8. The Labute approximate surface area is 320 Å². The summed E-state index contributed by atoms with van der Waals surface area (Å²) in [6.45, 7) is 0. The molecular formula is C52H30N4. The lowest BCUT2D eigenvalue weighted by molar-refractivity contribution is 1.02. The second kappa shape index (κ2) is 11.0. The molecule has 4 aromatic heterocycles. The second-order valence-electron chi connectivity index (χ2n) is 15.0. The topological polar surface area (TPSA) is 35.1 Å². The fourth-order valence-corrected chi connectivity index (χ4v) is 9.52. The zero-order valence-electron chi connectivity index (χ0n) is 30.1. The van der Waals surface area contributed by atoms with Crippen LogP contribution >= 0.6 is 0 Å². The number of hydrogen-bond acceptors (Lipinski definition) is 2. The summed E-state index contributed by atoms with van der Waals surface area (Å²) < 4.78 is 4.82. The summed E-state index contributed by atoms with van der Waals surface area (Å²) in [7, 11) is 0. The Morgan fingerprint density at radius 1 is 0.339 bits per heavy atom. The first-order valence-corrected chi connectivity index (χ1v) is 19.2. The van der Waals surface area contributed by atoms with Crippen molar-refractivity contribution in [3.05, 3.63) is 182 Å². The highest BCUT2D eigenvalue weighted by molar-refractivity contribution is 6.34. The Balaban J connectivity index is 1.22. The van der Waals surface area contributed by atoms with Gasteiger partial charge >= 0.3 is 0 Å². The molecule has 0 unspecified atom stereocenters. The third-order valence-corrected chi connectivity index (χ3v) is 12.0. The number of para-hydroxylation sites is 2. The SMILES string of the molecule is c1ccc(-c2ccc(-c3nc(-n4c5cc6ccccc6cc5c5cc6c7ccccc7n7c8ccccc8c(c54)c67)nc4c3ccc3ccccc34)cc2)cc1. The predicted octanol–water partition coefficient (Wildman–Crippen LogP) is 13.5. The standard InChI is InChI=1S/C52H30N4/c1-2-12-31(13-3-1)32-22-24-34(25-23-32)48-40-27-26-33-14-6-7-17-37(33)49(40)54-52(53-48)56-46-29-36-16-5-4-15-35(36)28-41(46)43-30-42-38-18-8-10-20-44(38)55-45-21-11-9-19-39(45)47(50(42)55)51(43)56/h1-30H. The molecule has 9 aromatic carbocycles. The molecular weight excluding hydrogens is 681 g/mol. The number of aromatic nitrogens is 4. The third-order valence-electron chi connectivity index (χ3n) is 12.0. The Hall–Kier alpha value is -7.56. The van der Waals surface area contributed by atoms with Gasteiger partial charge in [0.2, 0.25) is 5.95 Å². The molecule has 258 valence electrons. The van der Waals surface area contributed by atoms with Crippen LogP contribution in [0.1, 0.15) is 0 Å². The minimum Gasteiger partial charge on any atom is -0.308 e. The number of fused-ring (bicyclic) bond motifs is 14. The van der Waals surface area contributed by atoms with E-state index in [0.717, 1.165) is 44.0 Å². The number of nitrogens with zero attached hydrogens (tertiary/aromatic N) is 4. The highest BCUT2D eigenvalue weighted by atomic mass is 15.2. The van der Waals surface area contributed by atoms with E-state index in [1.165, 1.54) is 70.8 Å². The van der Waals surface area contributed by atoms with Gasteiger partial charge in [0, 0.05) is 48.7 Å². The Bertz CT molecular complexity index is 3740. The summed E-state index contributed by atoms with van der Waals surface area (Å²) in [5, 5.41) is 13.0. The molecule has 0 amide bonds. The molecule has 0 aliphatic carbocycles. The molecule has 0 radical (unpaired) electrons. The van der Waals surface area contributed by atoms with Gasteiger partial charge in [0.05, 0.1) is 38.8 Å². The van der Waals surface area contributed by atoms with Crippen molar-refractivity contribution in [3.8, 4) is 28.3 Å². The maximum absolute atomic E-state index is 5.62. The van der Waals surface area contributed by atoms with Crippen LogP contribution in [0.25, 0.3) is 121 Å². The molecule has 4 heterocycles. The van der Waals surface area contributed by atoms with E-state index in [0.29, 0.717) is 5.95 Å². The van der Waals surface area contributed by atoms with Gasteiger partial charge in [-0.25, -0.2) is 9.97 Å². The quantitative estimate of drug-likeness (QED) is 0.171. The van der Waals surface area contributed by atoms with E-state index in [1.54, 1.807) is 0 Å². The van der Waals surface area contributed by atoms with Crippen molar-refractivity contribution in [2.24, 2.45) is 0 Å². The van der Waals surface area contributed by atoms with E-state index in [9.17, 15) is 0 Å². The minimum absolute atomic E-state index is 0.661. The lowest BCUT2D eigenvalue weighted by Gasteiger charge is -2.14. The summed E-state index contributed by atoms with van der Waals surface area (Å²) in [5.74, 6) is 0.661. The van der Waals surface area contributed by atoms with Gasteiger partial charge in [-0.3, -0.25) is 4.57 Å². The summed E-state index contributed by atoms with van der Waals surface area (Å²) in [4.78, 5) is 11.2. The largest absolute Gasteiger partial charge is 0.308 e. The molecule has 0 N–H and O–H groups in total. The second-order valence-corrected chi connectivity index (χ2v) is 15.0. The van der Waals surface area contributed by atoms with Crippen molar-refractivity contribution in [1.29, 1.82) is 0 Å². The number of hydrogen-bond donors (Lipinski definition) is 0. The van der Waals surface area contributed by atoms with E-state index in [2.05, 4.69) is 191 Å². The van der Waals surface area contributed by atoms with Crippen LogP contribution in [0.2, 0.25) is 0 Å². The molecule has 56 heavy (non-hydrogen) atoms. The van der Waals surface area contributed by atoms with Crippen LogP contribution in [0, 0.1) is 0 Å². The van der Waals surface area contributed by atoms with Crippen LogP contribution in [-0.4, -0.2) is 18.9 Å². The van der Waals surface area contributed by atoms with Crippen LogP contribution in [0.4, 0.5) is 0 Å². The Morgan fingerprint density at radius 2 is 0.946 bits per heavy atom. The molecule has 0 fully saturated rings. The molecule has 0 aliphatic rings. The maximum atomic E-state index is 5.62. The van der Waals surface area contributed by atoms with Gasteiger partial charge < -0.3 is 4.40 Å². The van der Waals surface area contributed by atoms with Crippen molar-refractivity contribution in [2.75, 3.05) is 0 Å². The van der Waals surface area contributed by atoms with Gasteiger partial charge in [0.1, 0.15) is 0 Å². The average Bonchev–Trinajstić information content (AvgIpc) is 3.90. The Kier molecular flexibility index (Phi) is 5.86. The molecule has 4 heteroatoms. The number of rotatable bonds is 3. The summed E-state index contributed by atoms with van der Waals surface area (Å²) in [5.41, 5.74) is 11.1. The highest BCUT2D eigenvalue weighted by Gasteiger charge is 2.26. The zero-order valence-corrected chi connectivity index (χ0v) is 30.1. The van der Waals surface area contributed by atoms with Gasteiger partial charge in [-0.15, -0.1) is 0 Å². The molecule has 0 spiro atoms. The fraction of sp³-hybridized carbons (Fsp3) is 0. The summed E-state index contributed by atoms with van der Waals surface area (Å²) in [6, 6.07) is 65.8. The summed E-state index contributed by atoms with van der Waals surface area (Å²) >= 11 is 0. The van der Waals surface area contributed by atoms with Gasteiger partial charge in [0.25, 0.3) is 0 Å². The monoisotopic (exact) mass is 710 g/mol. The van der Waals surface area contributed by atoms with Crippen molar-refractivity contribution < 1.29 is 0 Å². The van der Waals surface area contributed by atoms with Crippen molar-refractivity contribution >= 4 is 92.3 Å². The molecule has 0 atom stereocenters. The molecule has 0 saturated heterocycles. The lowest BCUT2D eigenvalue weighted by Crippen LogP contribution is -2.04. The average molecular weight is 711 g/mol. The third kappa shape index (κ3) is 3.97. The Morgan fingerprint density at radius 3 is 1.75 bits per heavy atom. The van der Waals surface area contributed by atoms with Crippen LogP contribution in [-0.2, 0) is 0 Å². The predicted molar refractivity (Wildman–Crippen MR) is 234 cm³/mol. The van der Waals surface area contributed by atoms with Crippen molar-refractivity contribution in [1.82, 2.24) is 18.9 Å². The van der Waals surface area contributed by atoms with Gasteiger partial charge in [0.15, 0.2) is 0 Å². The maximum Gasteiger partial charge on any atom is 0.235 e. The lowest BCUT2D eigenvalue weighted by atomic mass is 9.99. The van der Waals surface area contributed by atoms with E-state index in [-0.39, 0.29) is 0 Å². The molecule has 4 nitrogen and oxygen atoms in total. The fourth-order valence-electron chi connectivity index (χ4n) is 9.52. The van der Waals surface area contributed by atoms with Crippen LogP contribution in [0.5, 0.6) is 0 Å².